The molecule has 7 heteroatoms. The summed E-state index contributed by atoms with van der Waals surface area (Å²) < 4.78 is 32.1. The number of carbonyl (C=O) groups excluding carboxylic acids is 1. The first-order valence-corrected chi connectivity index (χ1v) is 7.10. The predicted octanol–water partition coefficient (Wildman–Crippen LogP) is 2.89. The number of alkyl carbamates (subject to hydrolysis) is 1. The Morgan fingerprint density at radius 3 is 2.25 bits per heavy atom. The van der Waals surface area contributed by atoms with E-state index in [4.69, 9.17) is 9.84 Å². The van der Waals surface area contributed by atoms with E-state index in [1.54, 1.807) is 30.3 Å². The van der Waals surface area contributed by atoms with Gasteiger partial charge in [-0.05, 0) is 17.7 Å². The molecule has 2 aromatic rings. The summed E-state index contributed by atoms with van der Waals surface area (Å²) in [5, 5.41) is 11.2. The van der Waals surface area contributed by atoms with Crippen LogP contribution >= 0.6 is 0 Å². The summed E-state index contributed by atoms with van der Waals surface area (Å²) >= 11 is 0. The van der Waals surface area contributed by atoms with Crippen LogP contribution < -0.4 is 5.32 Å². The molecule has 1 amide bonds. The molecule has 0 saturated heterocycles. The van der Waals surface area contributed by atoms with Crippen LogP contribution in [0.2, 0.25) is 0 Å². The molecule has 1 unspecified atom stereocenters. The summed E-state index contributed by atoms with van der Waals surface area (Å²) in [6.07, 6.45) is -1.52. The fourth-order valence-corrected chi connectivity index (χ4v) is 2.04. The van der Waals surface area contributed by atoms with Crippen molar-refractivity contribution >= 4 is 12.1 Å². The Balaban J connectivity index is 1.98. The van der Waals surface area contributed by atoms with E-state index in [-0.39, 0.29) is 6.61 Å². The standard InChI is InChI=1S/C17H15F2NO4/c18-13-7-4-8-14(19)12(13)9-15(16(21)22)20-17(23)24-10-11-5-2-1-3-6-11/h1-8,15H,9-10H2,(H,20,23)(H,21,22). The van der Waals surface area contributed by atoms with Gasteiger partial charge in [0.15, 0.2) is 0 Å². The number of carboxylic acids is 1. The summed E-state index contributed by atoms with van der Waals surface area (Å²) in [6.45, 7) is -0.0485. The van der Waals surface area contributed by atoms with Gasteiger partial charge in [0.2, 0.25) is 0 Å². The number of amides is 1. The van der Waals surface area contributed by atoms with Gasteiger partial charge < -0.3 is 15.2 Å². The average Bonchev–Trinajstić information content (AvgIpc) is 2.56. The van der Waals surface area contributed by atoms with Crippen LogP contribution in [-0.2, 0) is 22.6 Å². The molecule has 0 aliphatic carbocycles. The van der Waals surface area contributed by atoms with E-state index >= 15 is 0 Å². The zero-order valence-corrected chi connectivity index (χ0v) is 12.5. The van der Waals surface area contributed by atoms with E-state index in [2.05, 4.69) is 5.32 Å². The van der Waals surface area contributed by atoms with Gasteiger partial charge in [-0.1, -0.05) is 36.4 Å². The molecule has 0 fully saturated rings. The molecule has 0 saturated carbocycles. The Bertz CT molecular complexity index is 702. The van der Waals surface area contributed by atoms with E-state index in [1.807, 2.05) is 0 Å². The number of ether oxygens (including phenoxy) is 1. The molecule has 2 N–H and O–H groups in total. The number of hydrogen-bond donors (Lipinski definition) is 2. The van der Waals surface area contributed by atoms with Crippen LogP contribution in [0.25, 0.3) is 0 Å². The molecule has 0 aliphatic rings. The highest BCUT2D eigenvalue weighted by Gasteiger charge is 2.24. The first-order chi connectivity index (χ1) is 11.5. The maximum atomic E-state index is 13.6. The zero-order chi connectivity index (χ0) is 17.5. The first-order valence-electron chi connectivity index (χ1n) is 7.10. The quantitative estimate of drug-likeness (QED) is 0.851. The number of carbonyl (C=O) groups is 2. The largest absolute Gasteiger partial charge is 0.480 e. The topological polar surface area (TPSA) is 75.6 Å². The highest BCUT2D eigenvalue weighted by atomic mass is 19.1. The van der Waals surface area contributed by atoms with Crippen molar-refractivity contribution in [2.75, 3.05) is 0 Å². The van der Waals surface area contributed by atoms with Crippen LogP contribution in [0.3, 0.4) is 0 Å². The fourth-order valence-electron chi connectivity index (χ4n) is 2.04. The molecule has 1 atom stereocenters. The van der Waals surface area contributed by atoms with Gasteiger partial charge in [0, 0.05) is 12.0 Å². The highest BCUT2D eigenvalue weighted by Crippen LogP contribution is 2.14. The second kappa shape index (κ2) is 8.05. The minimum absolute atomic E-state index is 0.0485. The number of nitrogens with one attached hydrogen (secondary N) is 1. The molecule has 0 bridgehead atoms. The van der Waals surface area contributed by atoms with Crippen molar-refractivity contribution in [3.05, 3.63) is 71.3 Å². The summed E-state index contributed by atoms with van der Waals surface area (Å²) in [4.78, 5) is 22.9. The van der Waals surface area contributed by atoms with Crippen molar-refractivity contribution in [3.63, 3.8) is 0 Å². The minimum Gasteiger partial charge on any atom is -0.480 e. The molecule has 5 nitrogen and oxygen atoms in total. The number of hydrogen-bond acceptors (Lipinski definition) is 3. The van der Waals surface area contributed by atoms with Gasteiger partial charge in [0.1, 0.15) is 24.3 Å². The lowest BCUT2D eigenvalue weighted by atomic mass is 10.0. The van der Waals surface area contributed by atoms with Crippen molar-refractivity contribution in [1.82, 2.24) is 5.32 Å². The molecular formula is C17H15F2NO4. The van der Waals surface area contributed by atoms with E-state index < -0.39 is 41.7 Å². The van der Waals surface area contributed by atoms with E-state index in [0.29, 0.717) is 0 Å². The number of carboxylic acid groups (broad SMARTS) is 1. The third kappa shape index (κ3) is 4.77. The van der Waals surface area contributed by atoms with Gasteiger partial charge >= 0.3 is 12.1 Å². The van der Waals surface area contributed by atoms with Gasteiger partial charge in [-0.15, -0.1) is 0 Å². The molecule has 2 rings (SSSR count). The molecule has 2 aromatic carbocycles. The third-order valence-corrected chi connectivity index (χ3v) is 3.27. The number of benzene rings is 2. The summed E-state index contributed by atoms with van der Waals surface area (Å²) in [5.74, 6) is -3.17. The van der Waals surface area contributed by atoms with Crippen LogP contribution in [0.1, 0.15) is 11.1 Å². The second-order valence-corrected chi connectivity index (χ2v) is 5.00. The molecule has 0 spiro atoms. The maximum absolute atomic E-state index is 13.6. The lowest BCUT2D eigenvalue weighted by Gasteiger charge is -2.15. The van der Waals surface area contributed by atoms with Crippen molar-refractivity contribution in [2.45, 2.75) is 19.1 Å². The zero-order valence-electron chi connectivity index (χ0n) is 12.5. The van der Waals surface area contributed by atoms with E-state index in [9.17, 15) is 18.4 Å². The van der Waals surface area contributed by atoms with Crippen LogP contribution in [-0.4, -0.2) is 23.2 Å². The Kier molecular flexibility index (Phi) is 5.83. The smallest absolute Gasteiger partial charge is 0.408 e. The number of aliphatic carboxylic acids is 1. The van der Waals surface area contributed by atoms with Gasteiger partial charge in [-0.2, -0.15) is 0 Å². The number of rotatable bonds is 6. The Morgan fingerprint density at radius 2 is 1.67 bits per heavy atom. The SMILES string of the molecule is O=C(NC(Cc1c(F)cccc1F)C(=O)O)OCc1ccccc1. The summed E-state index contributed by atoms with van der Waals surface area (Å²) in [6, 6.07) is 10.5. The minimum atomic E-state index is -1.51. The molecular weight excluding hydrogens is 320 g/mol. The van der Waals surface area contributed by atoms with Crippen molar-refractivity contribution in [1.29, 1.82) is 0 Å². The van der Waals surface area contributed by atoms with Gasteiger partial charge in [0.25, 0.3) is 0 Å². The van der Waals surface area contributed by atoms with Gasteiger partial charge in [0.05, 0.1) is 0 Å². The molecule has 0 aliphatic heterocycles. The second-order valence-electron chi connectivity index (χ2n) is 5.00. The Morgan fingerprint density at radius 1 is 1.04 bits per heavy atom. The van der Waals surface area contributed by atoms with E-state index in [1.165, 1.54) is 6.07 Å². The lowest BCUT2D eigenvalue weighted by molar-refractivity contribution is -0.139. The van der Waals surface area contributed by atoms with Crippen LogP contribution in [0.5, 0.6) is 0 Å². The Labute approximate surface area is 136 Å². The van der Waals surface area contributed by atoms with E-state index in [0.717, 1.165) is 17.7 Å². The lowest BCUT2D eigenvalue weighted by Crippen LogP contribution is -2.42. The molecule has 0 aromatic heterocycles. The molecule has 0 heterocycles. The van der Waals surface area contributed by atoms with Gasteiger partial charge in [-0.25, -0.2) is 18.4 Å². The monoisotopic (exact) mass is 335 g/mol. The van der Waals surface area contributed by atoms with Crippen LogP contribution in [0, 0.1) is 11.6 Å². The fraction of sp³-hybridized carbons (Fsp3) is 0.176. The van der Waals surface area contributed by atoms with Crippen LogP contribution in [0.4, 0.5) is 13.6 Å². The number of halogens is 2. The molecule has 24 heavy (non-hydrogen) atoms. The van der Waals surface area contributed by atoms with Crippen molar-refractivity contribution in [2.24, 2.45) is 0 Å². The summed E-state index contributed by atoms with van der Waals surface area (Å²) in [5.41, 5.74) is 0.313. The molecule has 126 valence electrons. The maximum Gasteiger partial charge on any atom is 0.408 e. The summed E-state index contributed by atoms with van der Waals surface area (Å²) in [7, 11) is 0. The van der Waals surface area contributed by atoms with Crippen molar-refractivity contribution < 1.29 is 28.2 Å². The molecule has 0 radical (unpaired) electrons. The average molecular weight is 335 g/mol. The van der Waals surface area contributed by atoms with Crippen LogP contribution in [0.15, 0.2) is 48.5 Å². The third-order valence-electron chi connectivity index (χ3n) is 3.27. The van der Waals surface area contributed by atoms with Gasteiger partial charge in [-0.3, -0.25) is 0 Å². The Hall–Kier alpha value is -2.96. The normalized spacial score (nSPS) is 11.6. The predicted molar refractivity (Wildman–Crippen MR) is 81.2 cm³/mol. The first kappa shape index (κ1) is 17.4. The highest BCUT2D eigenvalue weighted by molar-refractivity contribution is 5.80. The van der Waals surface area contributed by atoms with Crippen molar-refractivity contribution in [3.8, 4) is 0 Å².